The first kappa shape index (κ1) is 20.1. The molecule has 0 aliphatic carbocycles. The number of hydrogen-bond donors (Lipinski definition) is 0. The van der Waals surface area contributed by atoms with E-state index in [4.69, 9.17) is 14.2 Å². The van der Waals surface area contributed by atoms with Crippen molar-refractivity contribution in [3.63, 3.8) is 0 Å². The van der Waals surface area contributed by atoms with Gasteiger partial charge in [-0.3, -0.25) is 4.79 Å². The number of amides is 1. The summed E-state index contributed by atoms with van der Waals surface area (Å²) in [6.07, 6.45) is 5.13. The molecule has 0 radical (unpaired) electrons. The number of piperidine rings is 1. The van der Waals surface area contributed by atoms with Crippen molar-refractivity contribution < 1.29 is 19.0 Å². The van der Waals surface area contributed by atoms with Crippen molar-refractivity contribution in [2.75, 3.05) is 27.9 Å². The molecule has 5 heteroatoms. The predicted molar refractivity (Wildman–Crippen MR) is 110 cm³/mol. The summed E-state index contributed by atoms with van der Waals surface area (Å²) in [4.78, 5) is 15.1. The van der Waals surface area contributed by atoms with E-state index in [0.717, 1.165) is 55.0 Å². The highest BCUT2D eigenvalue weighted by atomic mass is 16.5. The van der Waals surface area contributed by atoms with Crippen molar-refractivity contribution in [2.45, 2.75) is 38.1 Å². The number of methoxy groups -OCH3 is 3. The van der Waals surface area contributed by atoms with E-state index in [0.29, 0.717) is 0 Å². The van der Waals surface area contributed by atoms with Gasteiger partial charge in [0.15, 0.2) is 11.5 Å². The summed E-state index contributed by atoms with van der Waals surface area (Å²) in [6.45, 7) is 0.821. The summed E-state index contributed by atoms with van der Waals surface area (Å²) in [5.74, 6) is 2.36. The Morgan fingerprint density at radius 2 is 1.71 bits per heavy atom. The number of carbonyl (C=O) groups excluding carboxylic acids is 1. The van der Waals surface area contributed by atoms with Crippen molar-refractivity contribution in [3.8, 4) is 17.2 Å². The van der Waals surface area contributed by atoms with Gasteiger partial charge >= 0.3 is 0 Å². The Labute approximate surface area is 167 Å². The normalized spacial score (nSPS) is 16.5. The number of hydrogen-bond acceptors (Lipinski definition) is 4. The highest BCUT2D eigenvalue weighted by Gasteiger charge is 2.27. The minimum absolute atomic E-state index is 0.111. The number of benzene rings is 2. The lowest BCUT2D eigenvalue weighted by Gasteiger charge is -2.36. The summed E-state index contributed by atoms with van der Waals surface area (Å²) in [5, 5.41) is 0. The highest BCUT2D eigenvalue weighted by Crippen LogP contribution is 2.29. The summed E-state index contributed by atoms with van der Waals surface area (Å²) in [6, 6.07) is 13.7. The van der Waals surface area contributed by atoms with Crippen LogP contribution in [-0.4, -0.2) is 44.7 Å². The van der Waals surface area contributed by atoms with Gasteiger partial charge in [0, 0.05) is 18.2 Å². The third-order valence-electron chi connectivity index (χ3n) is 5.44. The van der Waals surface area contributed by atoms with E-state index in [1.54, 1.807) is 21.3 Å². The Bertz CT molecular complexity index is 788. The second-order valence-corrected chi connectivity index (χ2v) is 7.10. The monoisotopic (exact) mass is 383 g/mol. The first-order valence-corrected chi connectivity index (χ1v) is 9.82. The molecule has 0 saturated carbocycles. The van der Waals surface area contributed by atoms with Gasteiger partial charge in [0.25, 0.3) is 5.91 Å². The molecule has 2 aromatic carbocycles. The van der Waals surface area contributed by atoms with E-state index in [1.165, 1.54) is 12.0 Å². The molecule has 3 rings (SSSR count). The summed E-state index contributed by atoms with van der Waals surface area (Å²) < 4.78 is 15.9. The van der Waals surface area contributed by atoms with Gasteiger partial charge in [0.1, 0.15) is 5.75 Å². The maximum Gasteiger partial charge on any atom is 0.254 e. The van der Waals surface area contributed by atoms with Crippen LogP contribution in [0.25, 0.3) is 0 Å². The Kier molecular flexibility index (Phi) is 6.80. The topological polar surface area (TPSA) is 48.0 Å². The second kappa shape index (κ2) is 9.49. The summed E-state index contributed by atoms with van der Waals surface area (Å²) in [5.41, 5.74) is 1.92. The fourth-order valence-corrected chi connectivity index (χ4v) is 3.84. The molecule has 28 heavy (non-hydrogen) atoms. The van der Waals surface area contributed by atoms with Crippen LogP contribution < -0.4 is 14.2 Å². The molecule has 1 atom stereocenters. The van der Waals surface area contributed by atoms with Crippen molar-refractivity contribution >= 4 is 5.91 Å². The lowest BCUT2D eigenvalue weighted by molar-refractivity contribution is 0.0602. The van der Waals surface area contributed by atoms with Gasteiger partial charge in [0.05, 0.1) is 21.3 Å². The molecular formula is C23H29NO4. The van der Waals surface area contributed by atoms with Crippen molar-refractivity contribution in [1.29, 1.82) is 0 Å². The van der Waals surface area contributed by atoms with Crippen molar-refractivity contribution in [1.82, 2.24) is 4.90 Å². The van der Waals surface area contributed by atoms with Crippen molar-refractivity contribution in [2.24, 2.45) is 0 Å². The Hall–Kier alpha value is -2.69. The molecular weight excluding hydrogens is 354 g/mol. The zero-order chi connectivity index (χ0) is 19.9. The van der Waals surface area contributed by atoms with Crippen LogP contribution in [0, 0.1) is 0 Å². The number of aryl methyl sites for hydroxylation is 1. The molecule has 0 aromatic heterocycles. The molecule has 1 amide bonds. The maximum atomic E-state index is 13.1. The summed E-state index contributed by atoms with van der Waals surface area (Å²) in [7, 11) is 4.92. The molecule has 0 N–H and O–H groups in total. The molecule has 1 aliphatic rings. The van der Waals surface area contributed by atoms with E-state index in [2.05, 4.69) is 6.07 Å². The van der Waals surface area contributed by atoms with Crippen LogP contribution in [0.4, 0.5) is 0 Å². The van der Waals surface area contributed by atoms with Crippen molar-refractivity contribution in [3.05, 3.63) is 53.6 Å². The molecule has 5 nitrogen and oxygen atoms in total. The minimum Gasteiger partial charge on any atom is -0.497 e. The molecule has 0 spiro atoms. The average molecular weight is 383 g/mol. The number of rotatable bonds is 7. The molecule has 1 saturated heterocycles. The molecule has 0 bridgehead atoms. The quantitative estimate of drug-likeness (QED) is 0.714. The van der Waals surface area contributed by atoms with Crippen LogP contribution in [-0.2, 0) is 6.42 Å². The number of nitrogens with zero attached hydrogens (tertiary/aromatic N) is 1. The molecule has 1 fully saturated rings. The SMILES string of the molecule is COc1ccc(C(=O)N2CCCCC2CCc2ccc(OC)c(OC)c2)cc1. The fourth-order valence-electron chi connectivity index (χ4n) is 3.84. The van der Waals surface area contributed by atoms with E-state index in [-0.39, 0.29) is 11.9 Å². The number of ether oxygens (including phenoxy) is 3. The molecule has 2 aromatic rings. The zero-order valence-corrected chi connectivity index (χ0v) is 16.9. The Balaban J connectivity index is 1.68. The Morgan fingerprint density at radius 3 is 2.39 bits per heavy atom. The fraction of sp³-hybridized carbons (Fsp3) is 0.435. The van der Waals surface area contributed by atoms with Crippen LogP contribution in [0.1, 0.15) is 41.6 Å². The van der Waals surface area contributed by atoms with Crippen LogP contribution >= 0.6 is 0 Å². The largest absolute Gasteiger partial charge is 0.497 e. The third-order valence-corrected chi connectivity index (χ3v) is 5.44. The van der Waals surface area contributed by atoms with Gasteiger partial charge in [-0.05, 0) is 74.1 Å². The smallest absolute Gasteiger partial charge is 0.254 e. The number of carbonyl (C=O) groups is 1. The van der Waals surface area contributed by atoms with Gasteiger partial charge in [0.2, 0.25) is 0 Å². The minimum atomic E-state index is 0.111. The zero-order valence-electron chi connectivity index (χ0n) is 16.9. The van der Waals surface area contributed by atoms with Crippen LogP contribution in [0.15, 0.2) is 42.5 Å². The summed E-state index contributed by atoms with van der Waals surface area (Å²) >= 11 is 0. The van der Waals surface area contributed by atoms with E-state index >= 15 is 0 Å². The molecule has 1 heterocycles. The molecule has 1 unspecified atom stereocenters. The third kappa shape index (κ3) is 4.58. The maximum absolute atomic E-state index is 13.1. The lowest BCUT2D eigenvalue weighted by atomic mass is 9.95. The predicted octanol–water partition coefficient (Wildman–Crippen LogP) is 4.34. The second-order valence-electron chi connectivity index (χ2n) is 7.10. The Morgan fingerprint density at radius 1 is 0.964 bits per heavy atom. The van der Waals surface area contributed by atoms with E-state index in [1.807, 2.05) is 41.3 Å². The van der Waals surface area contributed by atoms with Gasteiger partial charge in [-0.15, -0.1) is 0 Å². The standard InChI is InChI=1S/C23H29NO4/c1-26-20-12-9-18(10-13-20)23(25)24-15-5-4-6-19(24)11-7-17-8-14-21(27-2)22(16-17)28-3/h8-10,12-14,16,19H,4-7,11,15H2,1-3H3. The van der Waals surface area contributed by atoms with Crippen LogP contribution in [0.3, 0.4) is 0 Å². The molecule has 1 aliphatic heterocycles. The molecule has 150 valence electrons. The van der Waals surface area contributed by atoms with Gasteiger partial charge < -0.3 is 19.1 Å². The van der Waals surface area contributed by atoms with E-state index in [9.17, 15) is 4.79 Å². The van der Waals surface area contributed by atoms with E-state index < -0.39 is 0 Å². The van der Waals surface area contributed by atoms with Gasteiger partial charge in [-0.25, -0.2) is 0 Å². The highest BCUT2D eigenvalue weighted by molar-refractivity contribution is 5.94. The van der Waals surface area contributed by atoms with Crippen LogP contribution in [0.5, 0.6) is 17.2 Å². The average Bonchev–Trinajstić information content (AvgIpc) is 2.77. The number of likely N-dealkylation sites (tertiary alicyclic amines) is 1. The first-order chi connectivity index (χ1) is 13.7. The first-order valence-electron chi connectivity index (χ1n) is 9.82. The van der Waals surface area contributed by atoms with Gasteiger partial charge in [-0.1, -0.05) is 6.07 Å². The van der Waals surface area contributed by atoms with Gasteiger partial charge in [-0.2, -0.15) is 0 Å². The lowest BCUT2D eigenvalue weighted by Crippen LogP contribution is -2.44. The van der Waals surface area contributed by atoms with Crippen LogP contribution in [0.2, 0.25) is 0 Å².